The molecule has 0 bridgehead atoms. The quantitative estimate of drug-likeness (QED) is 0.351. The van der Waals surface area contributed by atoms with Crippen molar-refractivity contribution < 1.29 is 5.21 Å². The zero-order valence-electron chi connectivity index (χ0n) is 8.61. The van der Waals surface area contributed by atoms with Gasteiger partial charge in [0.1, 0.15) is 5.82 Å². The summed E-state index contributed by atoms with van der Waals surface area (Å²) in [6, 6.07) is 9.76. The van der Waals surface area contributed by atoms with Crippen LogP contribution in [-0.4, -0.2) is 20.6 Å². The van der Waals surface area contributed by atoms with E-state index in [9.17, 15) is 0 Å². The lowest BCUT2D eigenvalue weighted by molar-refractivity contribution is 0.316. The Labute approximate surface area is 92.8 Å². The van der Waals surface area contributed by atoms with E-state index in [4.69, 9.17) is 10.9 Å². The van der Waals surface area contributed by atoms with Crippen LogP contribution in [0.1, 0.15) is 0 Å². The zero-order chi connectivity index (χ0) is 11.4. The molecule has 0 fully saturated rings. The fourth-order valence-electron chi connectivity index (χ4n) is 1.49. The monoisotopic (exact) mass is 216 g/mol. The molecule has 0 aliphatic carbocycles. The van der Waals surface area contributed by atoms with Gasteiger partial charge in [-0.15, -0.1) is 0 Å². The van der Waals surface area contributed by atoms with Crippen molar-refractivity contribution in [1.29, 1.82) is 0 Å². The van der Waals surface area contributed by atoms with Gasteiger partial charge in [0.2, 0.25) is 0 Å². The summed E-state index contributed by atoms with van der Waals surface area (Å²) < 4.78 is 1.82. The highest BCUT2D eigenvalue weighted by atomic mass is 16.4. The number of nitrogens with two attached hydrogens (primary N) is 1. The molecule has 0 unspecified atom stereocenters. The van der Waals surface area contributed by atoms with Gasteiger partial charge in [-0.3, -0.25) is 0 Å². The van der Waals surface area contributed by atoms with Crippen LogP contribution in [0.15, 0.2) is 47.9 Å². The molecule has 16 heavy (non-hydrogen) atoms. The molecule has 0 amide bonds. The Morgan fingerprint density at radius 2 is 2.12 bits per heavy atom. The van der Waals surface area contributed by atoms with E-state index in [2.05, 4.69) is 10.1 Å². The highest BCUT2D eigenvalue weighted by Gasteiger charge is 2.06. The number of rotatable bonds is 3. The summed E-state index contributed by atoms with van der Waals surface area (Å²) in [5.74, 6) is 0.947. The maximum atomic E-state index is 8.52. The Morgan fingerprint density at radius 1 is 1.38 bits per heavy atom. The number of aromatic nitrogens is 2. The predicted octanol–water partition coefficient (Wildman–Crippen LogP) is 1.30. The van der Waals surface area contributed by atoms with Crippen LogP contribution in [0.25, 0.3) is 11.4 Å². The van der Waals surface area contributed by atoms with Gasteiger partial charge < -0.3 is 15.5 Å². The van der Waals surface area contributed by atoms with E-state index in [-0.39, 0.29) is 5.84 Å². The van der Waals surface area contributed by atoms with Gasteiger partial charge in [-0.05, 0) is 0 Å². The Balaban J connectivity index is 2.33. The average molecular weight is 216 g/mol. The van der Waals surface area contributed by atoms with Gasteiger partial charge in [-0.2, -0.15) is 0 Å². The van der Waals surface area contributed by atoms with Gasteiger partial charge in [-0.1, -0.05) is 35.5 Å². The molecular formula is C11H12N4O. The smallest absolute Gasteiger partial charge is 0.159 e. The molecule has 0 spiro atoms. The predicted molar refractivity (Wildman–Crippen MR) is 61.1 cm³/mol. The number of benzene rings is 1. The highest BCUT2D eigenvalue weighted by Crippen LogP contribution is 2.16. The third-order valence-corrected chi connectivity index (χ3v) is 2.21. The number of nitrogens with zero attached hydrogens (tertiary/aromatic N) is 3. The number of imidazole rings is 1. The first-order valence-electron chi connectivity index (χ1n) is 4.84. The lowest BCUT2D eigenvalue weighted by Gasteiger charge is -2.06. The normalized spacial score (nSPS) is 11.6. The molecule has 2 aromatic rings. The van der Waals surface area contributed by atoms with Gasteiger partial charge in [0.15, 0.2) is 5.84 Å². The van der Waals surface area contributed by atoms with E-state index in [0.29, 0.717) is 6.54 Å². The standard InChI is InChI=1S/C11H12N4O/c12-10(14-16)8-15-7-6-13-11(15)9-4-2-1-3-5-9/h1-7,16H,8H2,(H2,12,14). The first-order valence-corrected chi connectivity index (χ1v) is 4.84. The molecule has 0 aliphatic heterocycles. The minimum Gasteiger partial charge on any atom is -0.409 e. The summed E-state index contributed by atoms with van der Waals surface area (Å²) in [5.41, 5.74) is 6.46. The lowest BCUT2D eigenvalue weighted by Crippen LogP contribution is -2.19. The molecule has 5 nitrogen and oxygen atoms in total. The summed E-state index contributed by atoms with van der Waals surface area (Å²) in [5, 5.41) is 11.5. The molecular weight excluding hydrogens is 204 g/mol. The molecule has 0 saturated heterocycles. The Hall–Kier alpha value is -2.30. The molecule has 2 rings (SSSR count). The van der Waals surface area contributed by atoms with Gasteiger partial charge in [0.25, 0.3) is 0 Å². The maximum absolute atomic E-state index is 8.52. The zero-order valence-corrected chi connectivity index (χ0v) is 8.61. The first kappa shape index (κ1) is 10.2. The van der Waals surface area contributed by atoms with Crippen molar-refractivity contribution in [2.24, 2.45) is 10.9 Å². The summed E-state index contributed by atoms with van der Waals surface area (Å²) >= 11 is 0. The summed E-state index contributed by atoms with van der Waals surface area (Å²) in [7, 11) is 0. The van der Waals surface area contributed by atoms with Crippen molar-refractivity contribution in [3.63, 3.8) is 0 Å². The van der Waals surface area contributed by atoms with Crippen molar-refractivity contribution in [3.05, 3.63) is 42.7 Å². The summed E-state index contributed by atoms with van der Waals surface area (Å²) in [6.45, 7) is 0.320. The van der Waals surface area contributed by atoms with Crippen LogP contribution in [0.2, 0.25) is 0 Å². The number of hydrogen-bond donors (Lipinski definition) is 2. The largest absolute Gasteiger partial charge is 0.409 e. The van der Waals surface area contributed by atoms with Crippen LogP contribution in [-0.2, 0) is 6.54 Å². The van der Waals surface area contributed by atoms with Crippen LogP contribution in [0, 0.1) is 0 Å². The summed E-state index contributed by atoms with van der Waals surface area (Å²) in [6.07, 6.45) is 3.48. The molecule has 1 aromatic heterocycles. The Morgan fingerprint density at radius 3 is 2.81 bits per heavy atom. The van der Waals surface area contributed by atoms with E-state index in [1.165, 1.54) is 0 Å². The van der Waals surface area contributed by atoms with E-state index >= 15 is 0 Å². The average Bonchev–Trinajstić information content (AvgIpc) is 2.78. The van der Waals surface area contributed by atoms with Gasteiger partial charge >= 0.3 is 0 Å². The fourth-order valence-corrected chi connectivity index (χ4v) is 1.49. The molecule has 5 heteroatoms. The van der Waals surface area contributed by atoms with E-state index < -0.39 is 0 Å². The van der Waals surface area contributed by atoms with Crippen LogP contribution >= 0.6 is 0 Å². The SMILES string of the molecule is N/C(Cn1ccnc1-c1ccccc1)=N\O. The number of hydrogen-bond acceptors (Lipinski definition) is 3. The maximum Gasteiger partial charge on any atom is 0.159 e. The van der Waals surface area contributed by atoms with Gasteiger partial charge in [0.05, 0.1) is 6.54 Å². The topological polar surface area (TPSA) is 76.4 Å². The number of oxime groups is 1. The second-order valence-electron chi connectivity index (χ2n) is 3.34. The van der Waals surface area contributed by atoms with Crippen molar-refractivity contribution in [2.75, 3.05) is 0 Å². The molecule has 0 radical (unpaired) electrons. The lowest BCUT2D eigenvalue weighted by atomic mass is 10.2. The molecule has 0 atom stereocenters. The Kier molecular flexibility index (Phi) is 2.86. The van der Waals surface area contributed by atoms with Crippen LogP contribution in [0.5, 0.6) is 0 Å². The molecule has 0 aliphatic rings. The molecule has 1 aromatic carbocycles. The fraction of sp³-hybridized carbons (Fsp3) is 0.0909. The summed E-state index contributed by atoms with van der Waals surface area (Å²) in [4.78, 5) is 4.24. The molecule has 0 saturated carbocycles. The third kappa shape index (κ3) is 2.03. The molecule has 82 valence electrons. The van der Waals surface area contributed by atoms with E-state index in [1.807, 2.05) is 34.9 Å². The van der Waals surface area contributed by atoms with Crippen molar-refractivity contribution in [1.82, 2.24) is 9.55 Å². The van der Waals surface area contributed by atoms with Crippen LogP contribution in [0.4, 0.5) is 0 Å². The second kappa shape index (κ2) is 4.48. The van der Waals surface area contributed by atoms with Crippen molar-refractivity contribution >= 4 is 5.84 Å². The van der Waals surface area contributed by atoms with Crippen LogP contribution < -0.4 is 5.73 Å². The Bertz CT molecular complexity index is 490. The molecule has 1 heterocycles. The van der Waals surface area contributed by atoms with Gasteiger partial charge in [0, 0.05) is 18.0 Å². The first-order chi connectivity index (χ1) is 7.81. The van der Waals surface area contributed by atoms with Crippen LogP contribution in [0.3, 0.4) is 0 Å². The van der Waals surface area contributed by atoms with Gasteiger partial charge in [-0.25, -0.2) is 4.98 Å². The molecule has 3 N–H and O–H groups in total. The highest BCUT2D eigenvalue weighted by molar-refractivity contribution is 5.80. The van der Waals surface area contributed by atoms with Crippen molar-refractivity contribution in [2.45, 2.75) is 6.54 Å². The third-order valence-electron chi connectivity index (χ3n) is 2.21. The minimum atomic E-state index is 0.148. The van der Waals surface area contributed by atoms with Crippen molar-refractivity contribution in [3.8, 4) is 11.4 Å². The van der Waals surface area contributed by atoms with E-state index in [1.54, 1.807) is 12.4 Å². The van der Waals surface area contributed by atoms with E-state index in [0.717, 1.165) is 11.4 Å². The second-order valence-corrected chi connectivity index (χ2v) is 3.34. The number of amidine groups is 1. The minimum absolute atomic E-state index is 0.148.